The Morgan fingerprint density at radius 1 is 1.53 bits per heavy atom. The molecule has 5 nitrogen and oxygen atoms in total. The van der Waals surface area contributed by atoms with Crippen molar-refractivity contribution in [1.82, 2.24) is 9.78 Å². The molecular weight excluding hydrogens is 238 g/mol. The fourth-order valence-corrected chi connectivity index (χ4v) is 3.14. The minimum Gasteiger partial charge on any atom is -0.328 e. The molecule has 1 rings (SSSR count). The molecule has 2 N–H and O–H groups in total. The second-order valence-electron chi connectivity index (χ2n) is 4.46. The molecule has 0 aliphatic heterocycles. The molecule has 6 heteroatoms. The molecule has 0 aromatic carbocycles. The summed E-state index contributed by atoms with van der Waals surface area (Å²) in [7, 11) is -1.31. The van der Waals surface area contributed by atoms with Crippen LogP contribution in [0.5, 0.6) is 0 Å². The predicted molar refractivity (Wildman–Crippen MR) is 68.3 cm³/mol. The first kappa shape index (κ1) is 14.2. The summed E-state index contributed by atoms with van der Waals surface area (Å²) in [4.78, 5) is 0. The fourth-order valence-electron chi connectivity index (χ4n) is 1.54. The van der Waals surface area contributed by atoms with Crippen LogP contribution in [0.3, 0.4) is 0 Å². The summed E-state index contributed by atoms with van der Waals surface area (Å²) in [6, 6.07) is 1.77. The van der Waals surface area contributed by atoms with Gasteiger partial charge in [-0.15, -0.1) is 0 Å². The lowest BCUT2D eigenvalue weighted by molar-refractivity contribution is 0.583. The predicted octanol–water partition coefficient (Wildman–Crippen LogP) is 0.635. The van der Waals surface area contributed by atoms with Gasteiger partial charge in [0, 0.05) is 13.1 Å². The number of nitrogens with two attached hydrogens (primary N) is 1. The highest BCUT2D eigenvalue weighted by Gasteiger charge is 2.16. The number of rotatable bonds is 6. The highest BCUT2D eigenvalue weighted by atomic mass is 32.2. The third-order valence-electron chi connectivity index (χ3n) is 2.64. The van der Waals surface area contributed by atoms with Gasteiger partial charge in [-0.2, -0.15) is 5.10 Å². The first-order valence-corrected chi connectivity index (χ1v) is 7.64. The van der Waals surface area contributed by atoms with Crippen molar-refractivity contribution in [2.24, 2.45) is 12.8 Å². The van der Waals surface area contributed by atoms with E-state index in [1.165, 1.54) is 0 Å². The molecule has 0 bridgehead atoms. The maximum atomic E-state index is 11.9. The highest BCUT2D eigenvalue weighted by Crippen LogP contribution is 2.10. The summed E-state index contributed by atoms with van der Waals surface area (Å²) in [5.74, 6) is 0.181. The van der Waals surface area contributed by atoms with Gasteiger partial charge in [-0.25, -0.2) is 8.42 Å². The first-order chi connectivity index (χ1) is 7.84. The van der Waals surface area contributed by atoms with E-state index in [1.807, 2.05) is 19.9 Å². The smallest absolute Gasteiger partial charge is 0.156 e. The number of aromatic nitrogens is 2. The van der Waals surface area contributed by atoms with E-state index < -0.39 is 9.84 Å². The zero-order valence-corrected chi connectivity index (χ0v) is 11.5. The summed E-state index contributed by atoms with van der Waals surface area (Å²) >= 11 is 0. The first-order valence-electron chi connectivity index (χ1n) is 5.82. The Kier molecular flexibility index (Phi) is 4.70. The van der Waals surface area contributed by atoms with Gasteiger partial charge in [-0.1, -0.05) is 6.92 Å². The molecule has 0 radical (unpaired) electrons. The quantitative estimate of drug-likeness (QED) is 0.813. The van der Waals surface area contributed by atoms with Crippen LogP contribution in [0.15, 0.2) is 6.07 Å². The lowest BCUT2D eigenvalue weighted by Gasteiger charge is -2.06. The molecular formula is C11H21N3O2S. The van der Waals surface area contributed by atoms with Crippen molar-refractivity contribution in [3.05, 3.63) is 17.5 Å². The van der Waals surface area contributed by atoms with Crippen LogP contribution in [0, 0.1) is 0 Å². The monoisotopic (exact) mass is 259 g/mol. The number of hydrogen-bond donors (Lipinski definition) is 1. The normalized spacial score (nSPS) is 13.9. The van der Waals surface area contributed by atoms with Crippen LogP contribution in [0.4, 0.5) is 0 Å². The molecule has 0 amide bonds. The average molecular weight is 259 g/mol. The zero-order valence-electron chi connectivity index (χ0n) is 10.7. The SMILES string of the molecule is CCc1cc(CS(=O)(=O)CCC(C)N)n(C)n1. The van der Waals surface area contributed by atoms with Crippen molar-refractivity contribution >= 4 is 9.84 Å². The Balaban J connectivity index is 2.72. The van der Waals surface area contributed by atoms with Crippen LogP contribution < -0.4 is 5.73 Å². The van der Waals surface area contributed by atoms with Gasteiger partial charge in [0.2, 0.25) is 0 Å². The van der Waals surface area contributed by atoms with Crippen molar-refractivity contribution in [1.29, 1.82) is 0 Å². The van der Waals surface area contributed by atoms with Gasteiger partial charge in [0.15, 0.2) is 9.84 Å². The molecule has 1 aromatic heterocycles. The van der Waals surface area contributed by atoms with E-state index in [2.05, 4.69) is 5.10 Å². The van der Waals surface area contributed by atoms with Gasteiger partial charge in [-0.3, -0.25) is 4.68 Å². The van der Waals surface area contributed by atoms with E-state index in [1.54, 1.807) is 11.7 Å². The number of aryl methyl sites for hydroxylation is 2. The molecule has 0 saturated heterocycles. The molecule has 1 unspecified atom stereocenters. The van der Waals surface area contributed by atoms with E-state index in [0.717, 1.165) is 17.8 Å². The Bertz CT molecular complexity index is 463. The Morgan fingerprint density at radius 2 is 2.18 bits per heavy atom. The van der Waals surface area contributed by atoms with Crippen molar-refractivity contribution < 1.29 is 8.42 Å². The number of hydrogen-bond acceptors (Lipinski definition) is 4. The van der Waals surface area contributed by atoms with E-state index in [0.29, 0.717) is 6.42 Å². The van der Waals surface area contributed by atoms with Crippen LogP contribution >= 0.6 is 0 Å². The van der Waals surface area contributed by atoms with Gasteiger partial charge >= 0.3 is 0 Å². The van der Waals surface area contributed by atoms with Gasteiger partial charge in [0.25, 0.3) is 0 Å². The van der Waals surface area contributed by atoms with Crippen LogP contribution in [0.25, 0.3) is 0 Å². The summed E-state index contributed by atoms with van der Waals surface area (Å²) in [5, 5.41) is 4.24. The van der Waals surface area contributed by atoms with Crippen LogP contribution in [-0.4, -0.2) is 30.0 Å². The minimum atomic E-state index is -3.09. The lowest BCUT2D eigenvalue weighted by Crippen LogP contribution is -2.21. The molecule has 0 spiro atoms. The van der Waals surface area contributed by atoms with Crippen LogP contribution in [0.1, 0.15) is 31.7 Å². The largest absolute Gasteiger partial charge is 0.328 e. The summed E-state index contributed by atoms with van der Waals surface area (Å²) in [6.45, 7) is 3.81. The Hall–Kier alpha value is -0.880. The zero-order chi connectivity index (χ0) is 13.1. The third kappa shape index (κ3) is 4.47. The Morgan fingerprint density at radius 3 is 2.65 bits per heavy atom. The Labute approximate surface area is 103 Å². The van der Waals surface area contributed by atoms with Crippen molar-refractivity contribution in [3.63, 3.8) is 0 Å². The van der Waals surface area contributed by atoms with Gasteiger partial charge in [0.05, 0.1) is 22.9 Å². The molecule has 1 atom stereocenters. The van der Waals surface area contributed by atoms with Crippen molar-refractivity contribution in [2.45, 2.75) is 38.5 Å². The van der Waals surface area contributed by atoms with Crippen molar-refractivity contribution in [3.8, 4) is 0 Å². The van der Waals surface area contributed by atoms with Gasteiger partial charge in [-0.05, 0) is 25.8 Å². The standard InChI is InChI=1S/C11H21N3O2S/c1-4-10-7-11(14(3)13-10)8-17(15,16)6-5-9(2)12/h7,9H,4-6,8,12H2,1-3H3. The minimum absolute atomic E-state index is 0.0449. The molecule has 17 heavy (non-hydrogen) atoms. The highest BCUT2D eigenvalue weighted by molar-refractivity contribution is 7.90. The van der Waals surface area contributed by atoms with E-state index >= 15 is 0 Å². The summed E-state index contributed by atoms with van der Waals surface area (Å²) in [5.41, 5.74) is 7.23. The second kappa shape index (κ2) is 5.64. The molecule has 98 valence electrons. The lowest BCUT2D eigenvalue weighted by atomic mass is 10.3. The molecule has 0 aliphatic rings. The number of nitrogens with zero attached hydrogens (tertiary/aromatic N) is 2. The molecule has 1 heterocycles. The van der Waals surface area contributed by atoms with E-state index in [9.17, 15) is 8.42 Å². The summed E-state index contributed by atoms with van der Waals surface area (Å²) in [6.07, 6.45) is 1.31. The molecule has 0 fully saturated rings. The summed E-state index contributed by atoms with van der Waals surface area (Å²) < 4.78 is 25.4. The van der Waals surface area contributed by atoms with E-state index in [-0.39, 0.29) is 17.5 Å². The van der Waals surface area contributed by atoms with Gasteiger partial charge < -0.3 is 5.73 Å². The fraction of sp³-hybridized carbons (Fsp3) is 0.727. The molecule has 0 aliphatic carbocycles. The van der Waals surface area contributed by atoms with Crippen LogP contribution in [0.2, 0.25) is 0 Å². The maximum Gasteiger partial charge on any atom is 0.156 e. The molecule has 1 aromatic rings. The topological polar surface area (TPSA) is 78.0 Å². The average Bonchev–Trinajstić information content (AvgIpc) is 2.56. The third-order valence-corrected chi connectivity index (χ3v) is 4.23. The number of sulfone groups is 1. The molecule has 0 saturated carbocycles. The van der Waals surface area contributed by atoms with E-state index in [4.69, 9.17) is 5.73 Å². The van der Waals surface area contributed by atoms with Crippen LogP contribution in [-0.2, 0) is 29.1 Å². The second-order valence-corrected chi connectivity index (χ2v) is 6.65. The van der Waals surface area contributed by atoms with Crippen molar-refractivity contribution in [2.75, 3.05) is 5.75 Å². The maximum absolute atomic E-state index is 11.9. The van der Waals surface area contributed by atoms with Gasteiger partial charge in [0.1, 0.15) is 0 Å².